The van der Waals surface area contributed by atoms with Gasteiger partial charge in [0.1, 0.15) is 0 Å². The third-order valence-corrected chi connectivity index (χ3v) is 5.66. The molecule has 2 aliphatic heterocycles. The van der Waals surface area contributed by atoms with Gasteiger partial charge in [-0.1, -0.05) is 12.1 Å². The van der Waals surface area contributed by atoms with Gasteiger partial charge in [0.05, 0.1) is 18.8 Å². The molecule has 0 aliphatic carbocycles. The molecule has 2 fully saturated rings. The van der Waals surface area contributed by atoms with E-state index in [0.717, 1.165) is 26.2 Å². The van der Waals surface area contributed by atoms with E-state index in [0.29, 0.717) is 37.8 Å². The fraction of sp³-hybridized carbons (Fsp3) is 0.476. The first kappa shape index (κ1) is 18.7. The maximum absolute atomic E-state index is 12.8. The maximum atomic E-state index is 12.8. The van der Waals surface area contributed by atoms with Crippen molar-refractivity contribution in [3.05, 3.63) is 47.3 Å². The zero-order valence-corrected chi connectivity index (χ0v) is 16.6. The highest BCUT2D eigenvalue weighted by Gasteiger charge is 2.24. The Morgan fingerprint density at radius 1 is 0.929 bits per heavy atom. The summed E-state index contributed by atoms with van der Waals surface area (Å²) in [6.07, 6.45) is 3.30. The second kappa shape index (κ2) is 8.14. The highest BCUT2D eigenvalue weighted by Crippen LogP contribution is 2.24. The van der Waals surface area contributed by atoms with Crippen molar-refractivity contribution in [3.63, 3.8) is 0 Å². The number of aryl methyl sites for hydroxylation is 1. The molecule has 2 aliphatic rings. The summed E-state index contributed by atoms with van der Waals surface area (Å²) in [5.74, 6) is 0.675. The fourth-order valence-corrected chi connectivity index (χ4v) is 3.77. The van der Waals surface area contributed by atoms with E-state index < -0.39 is 0 Å². The Hall–Kier alpha value is -2.67. The molecule has 148 valence electrons. The van der Waals surface area contributed by atoms with Crippen LogP contribution in [0.3, 0.4) is 0 Å². The number of amides is 1. The smallest absolute Gasteiger partial charge is 0.257 e. The average Bonchev–Trinajstić information content (AvgIpc) is 2.76. The maximum Gasteiger partial charge on any atom is 0.257 e. The quantitative estimate of drug-likeness (QED) is 0.809. The lowest BCUT2D eigenvalue weighted by molar-refractivity contribution is 0.0746. The molecule has 7 heteroatoms. The lowest BCUT2D eigenvalue weighted by Crippen LogP contribution is -2.49. The second-order valence-electron chi connectivity index (χ2n) is 7.37. The number of carbonyl (C=O) groups is 1. The fourth-order valence-electron chi connectivity index (χ4n) is 3.77. The predicted octanol–water partition coefficient (Wildman–Crippen LogP) is 1.89. The summed E-state index contributed by atoms with van der Waals surface area (Å²) >= 11 is 0. The molecule has 7 nitrogen and oxygen atoms in total. The summed E-state index contributed by atoms with van der Waals surface area (Å²) in [5.41, 5.74) is 4.44. The second-order valence-corrected chi connectivity index (χ2v) is 7.37. The predicted molar refractivity (Wildman–Crippen MR) is 109 cm³/mol. The van der Waals surface area contributed by atoms with Crippen molar-refractivity contribution in [2.75, 3.05) is 62.3 Å². The molecule has 1 aromatic carbocycles. The molecular formula is C21H27N5O2. The summed E-state index contributed by atoms with van der Waals surface area (Å²) in [5, 5.41) is 0. The number of benzene rings is 1. The normalized spacial score (nSPS) is 17.7. The molecule has 0 bridgehead atoms. The summed E-state index contributed by atoms with van der Waals surface area (Å²) in [6, 6.07) is 6.40. The number of carbonyl (C=O) groups excluding carboxylic acids is 1. The van der Waals surface area contributed by atoms with Gasteiger partial charge in [-0.25, -0.2) is 9.97 Å². The molecular weight excluding hydrogens is 354 g/mol. The number of morpholine rings is 1. The lowest BCUT2D eigenvalue weighted by Gasteiger charge is -2.37. The van der Waals surface area contributed by atoms with Crippen LogP contribution in [0.4, 0.5) is 11.6 Å². The van der Waals surface area contributed by atoms with Crippen molar-refractivity contribution in [2.24, 2.45) is 0 Å². The van der Waals surface area contributed by atoms with Gasteiger partial charge in [-0.05, 0) is 31.0 Å². The van der Waals surface area contributed by atoms with Gasteiger partial charge in [0.15, 0.2) is 0 Å². The number of anilines is 2. The monoisotopic (exact) mass is 381 g/mol. The van der Waals surface area contributed by atoms with Gasteiger partial charge in [-0.2, -0.15) is 0 Å². The zero-order chi connectivity index (χ0) is 19.5. The Bertz CT molecular complexity index is 825. The molecule has 4 rings (SSSR count). The summed E-state index contributed by atoms with van der Waals surface area (Å²) in [4.78, 5) is 28.0. The third-order valence-electron chi connectivity index (χ3n) is 5.66. The molecule has 0 saturated carbocycles. The van der Waals surface area contributed by atoms with E-state index in [4.69, 9.17) is 4.74 Å². The van der Waals surface area contributed by atoms with Crippen LogP contribution >= 0.6 is 0 Å². The van der Waals surface area contributed by atoms with Crippen LogP contribution in [0.5, 0.6) is 0 Å². The van der Waals surface area contributed by atoms with E-state index in [9.17, 15) is 4.79 Å². The Labute approximate surface area is 165 Å². The van der Waals surface area contributed by atoms with E-state index in [1.165, 1.54) is 16.8 Å². The van der Waals surface area contributed by atoms with Crippen LogP contribution in [0.25, 0.3) is 0 Å². The summed E-state index contributed by atoms with van der Waals surface area (Å²) < 4.78 is 5.35. The SMILES string of the molecule is Cc1cccc(N2CCN(C(=O)c3cnc(N4CCOCC4)nc3)CC2)c1C. The Morgan fingerprint density at radius 2 is 1.61 bits per heavy atom. The Kier molecular flexibility index (Phi) is 5.43. The van der Waals surface area contributed by atoms with Gasteiger partial charge in [-0.15, -0.1) is 0 Å². The molecule has 2 aromatic rings. The molecule has 0 spiro atoms. The van der Waals surface area contributed by atoms with Gasteiger partial charge in [0.2, 0.25) is 5.95 Å². The van der Waals surface area contributed by atoms with Gasteiger partial charge >= 0.3 is 0 Å². The number of hydrogen-bond acceptors (Lipinski definition) is 6. The Morgan fingerprint density at radius 3 is 2.29 bits per heavy atom. The van der Waals surface area contributed by atoms with E-state index in [-0.39, 0.29) is 5.91 Å². The molecule has 28 heavy (non-hydrogen) atoms. The number of nitrogens with zero attached hydrogens (tertiary/aromatic N) is 5. The van der Waals surface area contributed by atoms with Crippen molar-refractivity contribution in [2.45, 2.75) is 13.8 Å². The van der Waals surface area contributed by atoms with Crippen LogP contribution in [0.15, 0.2) is 30.6 Å². The summed E-state index contributed by atoms with van der Waals surface area (Å²) in [7, 11) is 0. The topological polar surface area (TPSA) is 61.8 Å². The molecule has 0 radical (unpaired) electrons. The van der Waals surface area contributed by atoms with Crippen LogP contribution in [0.2, 0.25) is 0 Å². The molecule has 0 N–H and O–H groups in total. The molecule has 1 aromatic heterocycles. The molecule has 1 amide bonds. The average molecular weight is 381 g/mol. The molecule has 2 saturated heterocycles. The van der Waals surface area contributed by atoms with Crippen LogP contribution in [0, 0.1) is 13.8 Å². The third kappa shape index (κ3) is 3.80. The van der Waals surface area contributed by atoms with Crippen molar-refractivity contribution in [3.8, 4) is 0 Å². The molecule has 3 heterocycles. The van der Waals surface area contributed by atoms with Crippen molar-refractivity contribution in [1.29, 1.82) is 0 Å². The largest absolute Gasteiger partial charge is 0.378 e. The van der Waals surface area contributed by atoms with Crippen LogP contribution < -0.4 is 9.80 Å². The van der Waals surface area contributed by atoms with Crippen LogP contribution in [-0.4, -0.2) is 73.3 Å². The van der Waals surface area contributed by atoms with E-state index in [2.05, 4.69) is 51.8 Å². The number of piperazine rings is 1. The van der Waals surface area contributed by atoms with E-state index in [1.54, 1.807) is 12.4 Å². The highest BCUT2D eigenvalue weighted by molar-refractivity contribution is 5.93. The molecule has 0 atom stereocenters. The first-order chi connectivity index (χ1) is 13.6. The first-order valence-corrected chi connectivity index (χ1v) is 9.88. The minimum Gasteiger partial charge on any atom is -0.378 e. The minimum atomic E-state index is 0.00846. The number of rotatable bonds is 3. The van der Waals surface area contributed by atoms with Crippen molar-refractivity contribution < 1.29 is 9.53 Å². The zero-order valence-electron chi connectivity index (χ0n) is 16.6. The molecule has 0 unspecified atom stereocenters. The van der Waals surface area contributed by atoms with Gasteiger partial charge in [-0.3, -0.25) is 4.79 Å². The number of hydrogen-bond donors (Lipinski definition) is 0. The minimum absolute atomic E-state index is 0.00846. The van der Waals surface area contributed by atoms with E-state index in [1.807, 2.05) is 4.90 Å². The first-order valence-electron chi connectivity index (χ1n) is 9.88. The highest BCUT2D eigenvalue weighted by atomic mass is 16.5. The number of aromatic nitrogens is 2. The lowest BCUT2D eigenvalue weighted by atomic mass is 10.1. The van der Waals surface area contributed by atoms with Gasteiger partial charge in [0.25, 0.3) is 5.91 Å². The van der Waals surface area contributed by atoms with E-state index >= 15 is 0 Å². The standard InChI is InChI=1S/C21H27N5O2/c1-16-4-3-5-19(17(16)2)24-6-8-25(9-7-24)20(27)18-14-22-21(23-15-18)26-10-12-28-13-11-26/h3-5,14-15H,6-13H2,1-2H3. The van der Waals surface area contributed by atoms with Crippen molar-refractivity contribution >= 4 is 17.5 Å². The van der Waals surface area contributed by atoms with Crippen LogP contribution in [-0.2, 0) is 4.74 Å². The van der Waals surface area contributed by atoms with Crippen LogP contribution in [0.1, 0.15) is 21.5 Å². The van der Waals surface area contributed by atoms with Gasteiger partial charge in [0, 0.05) is 57.3 Å². The Balaban J connectivity index is 1.38. The van der Waals surface area contributed by atoms with Crippen molar-refractivity contribution in [1.82, 2.24) is 14.9 Å². The van der Waals surface area contributed by atoms with Gasteiger partial charge < -0.3 is 19.4 Å². The number of ether oxygens (including phenoxy) is 1. The summed E-state index contributed by atoms with van der Waals surface area (Å²) in [6.45, 7) is 10.3.